The van der Waals surface area contributed by atoms with Crippen LogP contribution in [-0.2, 0) is 14.3 Å². The van der Waals surface area contributed by atoms with Crippen molar-refractivity contribution < 1.29 is 19.4 Å². The van der Waals surface area contributed by atoms with E-state index in [1.54, 1.807) is 0 Å². The number of carboxylic acids is 1. The molecule has 1 amide bonds. The predicted octanol–water partition coefficient (Wildman–Crippen LogP) is 2.16. The van der Waals surface area contributed by atoms with E-state index in [1.165, 1.54) is 6.92 Å². The van der Waals surface area contributed by atoms with Crippen molar-refractivity contribution in [2.24, 2.45) is 5.92 Å². The van der Waals surface area contributed by atoms with Gasteiger partial charge in [0.2, 0.25) is 5.91 Å². The van der Waals surface area contributed by atoms with Crippen molar-refractivity contribution in [1.82, 2.24) is 15.1 Å². The molecule has 0 bridgehead atoms. The molecule has 2 heterocycles. The standard InChI is InChI=1S/C19H23N3O4/c1-11-16(13(3)22(21-11)14-7-5-4-6-8-14)17-15(9-10-26-17)18(23)20-12(2)19(24)25/h4-8,12,15,17H,9-10H2,1-3H3,(H,20,23)(H,24,25)/t12-,15+,17+/m1/s1. The highest BCUT2D eigenvalue weighted by Gasteiger charge is 2.39. The Bertz CT molecular complexity index is 816. The third kappa shape index (κ3) is 3.35. The molecule has 26 heavy (non-hydrogen) atoms. The zero-order valence-corrected chi connectivity index (χ0v) is 15.1. The Morgan fingerprint density at radius 1 is 1.31 bits per heavy atom. The highest BCUT2D eigenvalue weighted by atomic mass is 16.5. The molecule has 0 saturated carbocycles. The fourth-order valence-corrected chi connectivity index (χ4v) is 3.41. The van der Waals surface area contributed by atoms with Crippen LogP contribution >= 0.6 is 0 Å². The zero-order valence-electron chi connectivity index (χ0n) is 15.1. The number of hydrogen-bond donors (Lipinski definition) is 2. The van der Waals surface area contributed by atoms with Crippen LogP contribution in [0.4, 0.5) is 0 Å². The van der Waals surface area contributed by atoms with Gasteiger partial charge in [0.25, 0.3) is 0 Å². The summed E-state index contributed by atoms with van der Waals surface area (Å²) in [5, 5.41) is 16.2. The summed E-state index contributed by atoms with van der Waals surface area (Å²) in [7, 11) is 0. The minimum Gasteiger partial charge on any atom is -0.480 e. The van der Waals surface area contributed by atoms with E-state index in [-0.39, 0.29) is 5.91 Å². The fraction of sp³-hybridized carbons (Fsp3) is 0.421. The third-order valence-electron chi connectivity index (χ3n) is 4.79. The minimum atomic E-state index is -1.06. The van der Waals surface area contributed by atoms with E-state index in [0.29, 0.717) is 13.0 Å². The summed E-state index contributed by atoms with van der Waals surface area (Å²) >= 11 is 0. The normalized spacial score (nSPS) is 20.7. The molecular weight excluding hydrogens is 334 g/mol. The van der Waals surface area contributed by atoms with Crippen LogP contribution in [0.15, 0.2) is 30.3 Å². The van der Waals surface area contributed by atoms with Gasteiger partial charge in [-0.25, -0.2) is 4.68 Å². The number of aromatic nitrogens is 2. The highest BCUT2D eigenvalue weighted by molar-refractivity contribution is 5.85. The molecule has 1 aliphatic heterocycles. The number of amides is 1. The molecular formula is C19H23N3O4. The number of hydrogen-bond acceptors (Lipinski definition) is 4. The van der Waals surface area contributed by atoms with E-state index in [1.807, 2.05) is 48.9 Å². The van der Waals surface area contributed by atoms with E-state index in [0.717, 1.165) is 22.6 Å². The summed E-state index contributed by atoms with van der Waals surface area (Å²) < 4.78 is 7.71. The molecule has 138 valence electrons. The van der Waals surface area contributed by atoms with Crippen LogP contribution in [0.25, 0.3) is 5.69 Å². The molecule has 0 aliphatic carbocycles. The highest BCUT2D eigenvalue weighted by Crippen LogP contribution is 2.38. The van der Waals surface area contributed by atoms with Crippen LogP contribution in [0.3, 0.4) is 0 Å². The lowest BCUT2D eigenvalue weighted by atomic mass is 9.93. The first-order valence-electron chi connectivity index (χ1n) is 8.66. The summed E-state index contributed by atoms with van der Waals surface area (Å²) in [5.41, 5.74) is 3.57. The largest absolute Gasteiger partial charge is 0.480 e. The van der Waals surface area contributed by atoms with Crippen LogP contribution < -0.4 is 5.32 Å². The smallest absolute Gasteiger partial charge is 0.325 e. The van der Waals surface area contributed by atoms with Crippen molar-refractivity contribution in [1.29, 1.82) is 0 Å². The molecule has 7 heteroatoms. The predicted molar refractivity (Wildman–Crippen MR) is 95.1 cm³/mol. The summed E-state index contributed by atoms with van der Waals surface area (Å²) in [6, 6.07) is 8.84. The molecule has 0 radical (unpaired) electrons. The van der Waals surface area contributed by atoms with E-state index in [4.69, 9.17) is 9.84 Å². The number of carbonyl (C=O) groups is 2. The topological polar surface area (TPSA) is 93.5 Å². The summed E-state index contributed by atoms with van der Waals surface area (Å²) in [6.45, 7) is 5.77. The van der Waals surface area contributed by atoms with E-state index in [9.17, 15) is 9.59 Å². The maximum absolute atomic E-state index is 12.6. The van der Waals surface area contributed by atoms with Crippen LogP contribution in [0.2, 0.25) is 0 Å². The van der Waals surface area contributed by atoms with Gasteiger partial charge in [0, 0.05) is 17.9 Å². The summed E-state index contributed by atoms with van der Waals surface area (Å²) in [6.07, 6.45) is 0.131. The SMILES string of the molecule is Cc1nn(-c2ccccc2)c(C)c1[C@H]1OCC[C@@H]1C(=O)N[C@H](C)C(=O)O. The van der Waals surface area contributed by atoms with E-state index < -0.39 is 24.0 Å². The van der Waals surface area contributed by atoms with Gasteiger partial charge in [-0.3, -0.25) is 9.59 Å². The average Bonchev–Trinajstić information content (AvgIpc) is 3.19. The van der Waals surface area contributed by atoms with Crippen LogP contribution in [0.5, 0.6) is 0 Å². The lowest BCUT2D eigenvalue weighted by molar-refractivity contribution is -0.142. The van der Waals surface area contributed by atoms with Gasteiger partial charge in [-0.05, 0) is 39.3 Å². The van der Waals surface area contributed by atoms with Crippen molar-refractivity contribution in [2.75, 3.05) is 6.61 Å². The maximum Gasteiger partial charge on any atom is 0.325 e. The summed E-state index contributed by atoms with van der Waals surface area (Å²) in [5.74, 6) is -1.78. The number of para-hydroxylation sites is 1. The van der Waals surface area contributed by atoms with Gasteiger partial charge in [0.05, 0.1) is 23.4 Å². The molecule has 7 nitrogen and oxygen atoms in total. The molecule has 1 fully saturated rings. The third-order valence-corrected chi connectivity index (χ3v) is 4.79. The van der Waals surface area contributed by atoms with Crippen LogP contribution in [0.1, 0.15) is 36.4 Å². The number of ether oxygens (including phenoxy) is 1. The molecule has 0 spiro atoms. The lowest BCUT2D eigenvalue weighted by Gasteiger charge is -2.20. The van der Waals surface area contributed by atoms with Crippen LogP contribution in [0, 0.1) is 19.8 Å². The number of rotatable bonds is 5. The Balaban J connectivity index is 1.89. The number of carbonyl (C=O) groups excluding carboxylic acids is 1. The van der Waals surface area contributed by atoms with E-state index >= 15 is 0 Å². The summed E-state index contributed by atoms with van der Waals surface area (Å²) in [4.78, 5) is 23.6. The molecule has 3 atom stereocenters. The molecule has 2 aromatic rings. The number of nitrogens with zero attached hydrogens (tertiary/aromatic N) is 2. The average molecular weight is 357 g/mol. The van der Waals surface area contributed by atoms with Crippen molar-refractivity contribution in [3.8, 4) is 5.69 Å². The van der Waals surface area contributed by atoms with Gasteiger partial charge in [-0.1, -0.05) is 18.2 Å². The zero-order chi connectivity index (χ0) is 18.8. The molecule has 2 N–H and O–H groups in total. The Morgan fingerprint density at radius 2 is 2.00 bits per heavy atom. The second kappa shape index (κ2) is 7.29. The van der Waals surface area contributed by atoms with Crippen LogP contribution in [-0.4, -0.2) is 39.4 Å². The lowest BCUT2D eigenvalue weighted by Crippen LogP contribution is -2.42. The van der Waals surface area contributed by atoms with Crippen molar-refractivity contribution in [3.05, 3.63) is 47.3 Å². The van der Waals surface area contributed by atoms with Gasteiger partial charge in [-0.2, -0.15) is 5.10 Å². The van der Waals surface area contributed by atoms with Crippen molar-refractivity contribution >= 4 is 11.9 Å². The molecule has 1 aromatic carbocycles. The van der Waals surface area contributed by atoms with E-state index in [2.05, 4.69) is 10.4 Å². The number of aryl methyl sites for hydroxylation is 1. The monoisotopic (exact) mass is 357 g/mol. The van der Waals surface area contributed by atoms with Gasteiger partial charge < -0.3 is 15.2 Å². The minimum absolute atomic E-state index is 0.298. The Hall–Kier alpha value is -2.67. The Kier molecular flexibility index (Phi) is 5.08. The number of nitrogens with one attached hydrogen (secondary N) is 1. The second-order valence-electron chi connectivity index (χ2n) is 6.59. The Labute approximate surface area is 152 Å². The first-order chi connectivity index (χ1) is 12.4. The van der Waals surface area contributed by atoms with Gasteiger partial charge >= 0.3 is 5.97 Å². The molecule has 1 saturated heterocycles. The van der Waals surface area contributed by atoms with Crippen molar-refractivity contribution in [3.63, 3.8) is 0 Å². The number of carboxylic acid groups (broad SMARTS) is 1. The Morgan fingerprint density at radius 3 is 2.65 bits per heavy atom. The van der Waals surface area contributed by atoms with Gasteiger partial charge in [0.1, 0.15) is 6.04 Å². The molecule has 1 aliphatic rings. The number of benzene rings is 1. The molecule has 1 aromatic heterocycles. The number of aliphatic carboxylic acids is 1. The van der Waals surface area contributed by atoms with Crippen molar-refractivity contribution in [2.45, 2.75) is 39.3 Å². The quantitative estimate of drug-likeness (QED) is 0.855. The van der Waals surface area contributed by atoms with Gasteiger partial charge in [-0.15, -0.1) is 0 Å². The first-order valence-corrected chi connectivity index (χ1v) is 8.66. The first kappa shape index (κ1) is 18.1. The molecule has 0 unspecified atom stereocenters. The van der Waals surface area contributed by atoms with Gasteiger partial charge in [0.15, 0.2) is 0 Å². The maximum atomic E-state index is 12.6. The molecule has 3 rings (SSSR count). The fourth-order valence-electron chi connectivity index (χ4n) is 3.41. The second-order valence-corrected chi connectivity index (χ2v) is 6.59.